The molecule has 3 aromatic rings. The molecule has 10 nitrogen and oxygen atoms in total. The van der Waals surface area contributed by atoms with Crippen molar-refractivity contribution in [1.82, 2.24) is 41.0 Å². The number of aromatic nitrogens is 8. The zero-order chi connectivity index (χ0) is 22.5. The molecule has 0 aliphatic carbocycles. The number of hydrogen-bond acceptors (Lipinski definition) is 9. The van der Waals surface area contributed by atoms with Crippen LogP contribution in [0.3, 0.4) is 0 Å². The first-order valence-electron chi connectivity index (χ1n) is 9.46. The lowest BCUT2D eigenvalue weighted by Gasteiger charge is -2.10. The van der Waals surface area contributed by atoms with Crippen LogP contribution in [-0.2, 0) is 16.2 Å². The molecule has 1 N–H and O–H groups in total. The van der Waals surface area contributed by atoms with E-state index in [4.69, 9.17) is 8.94 Å². The molecule has 0 aliphatic rings. The number of tetrazole rings is 1. The molecule has 3 aromatic heterocycles. The minimum absolute atomic E-state index is 0.00694. The fourth-order valence-electron chi connectivity index (χ4n) is 1.68. The van der Waals surface area contributed by atoms with Crippen molar-refractivity contribution in [3.8, 4) is 0 Å². The van der Waals surface area contributed by atoms with E-state index in [-0.39, 0.29) is 16.2 Å². The molecule has 0 amide bonds. The van der Waals surface area contributed by atoms with Crippen LogP contribution in [0.25, 0.3) is 0 Å². The zero-order valence-electron chi connectivity index (χ0n) is 19.4. The van der Waals surface area contributed by atoms with Crippen LogP contribution in [0.5, 0.6) is 0 Å². The topological polar surface area (TPSA) is 132 Å². The zero-order valence-corrected chi connectivity index (χ0v) is 19.4. The summed E-state index contributed by atoms with van der Waals surface area (Å²) in [6, 6.07) is 0. The molecule has 0 aliphatic heterocycles. The second-order valence-electron chi connectivity index (χ2n) is 9.76. The SMILES string of the molecule is CC(C)(C)c1nn[nH]n1.Cc1nnc(C(C)(C)C)o1.Cc1noc(C(C)(C)C)n1. The first kappa shape index (κ1) is 24.4. The van der Waals surface area contributed by atoms with E-state index in [2.05, 4.69) is 41.0 Å². The molecular formula is C19H34N8O2. The molecule has 0 atom stereocenters. The Labute approximate surface area is 172 Å². The van der Waals surface area contributed by atoms with Gasteiger partial charge in [-0.3, -0.25) is 0 Å². The van der Waals surface area contributed by atoms with Gasteiger partial charge >= 0.3 is 0 Å². The van der Waals surface area contributed by atoms with Crippen LogP contribution in [0.4, 0.5) is 0 Å². The lowest BCUT2D eigenvalue weighted by Crippen LogP contribution is -2.13. The van der Waals surface area contributed by atoms with E-state index in [1.807, 2.05) is 69.2 Å². The molecule has 3 heterocycles. The monoisotopic (exact) mass is 406 g/mol. The second kappa shape index (κ2) is 9.23. The first-order chi connectivity index (χ1) is 13.1. The van der Waals surface area contributed by atoms with Gasteiger partial charge in [-0.15, -0.1) is 20.4 Å². The molecule has 3 rings (SSSR count). The maximum Gasteiger partial charge on any atom is 0.232 e. The molecule has 0 saturated carbocycles. The third kappa shape index (κ3) is 8.49. The highest BCUT2D eigenvalue weighted by molar-refractivity contribution is 4.97. The molecule has 10 heteroatoms. The van der Waals surface area contributed by atoms with Crippen LogP contribution in [0.15, 0.2) is 8.94 Å². The maximum absolute atomic E-state index is 5.23. The van der Waals surface area contributed by atoms with Gasteiger partial charge in [-0.2, -0.15) is 10.2 Å². The molecule has 0 radical (unpaired) electrons. The summed E-state index contributed by atoms with van der Waals surface area (Å²) in [6.45, 7) is 22.0. The minimum Gasteiger partial charge on any atom is -0.425 e. The Hall–Kier alpha value is -2.65. The molecule has 0 unspecified atom stereocenters. The van der Waals surface area contributed by atoms with Gasteiger partial charge in [0.15, 0.2) is 11.6 Å². The molecule has 162 valence electrons. The Balaban J connectivity index is 0.000000218. The van der Waals surface area contributed by atoms with E-state index < -0.39 is 0 Å². The molecule has 0 saturated heterocycles. The smallest absolute Gasteiger partial charge is 0.232 e. The summed E-state index contributed by atoms with van der Waals surface area (Å²) in [6.07, 6.45) is 0. The minimum atomic E-state index is -0.0265. The van der Waals surface area contributed by atoms with E-state index in [0.29, 0.717) is 23.5 Å². The first-order valence-corrected chi connectivity index (χ1v) is 9.46. The van der Waals surface area contributed by atoms with E-state index in [1.165, 1.54) is 0 Å². The average molecular weight is 407 g/mol. The number of hydrogen-bond donors (Lipinski definition) is 1. The van der Waals surface area contributed by atoms with Crippen LogP contribution >= 0.6 is 0 Å². The molecule has 0 bridgehead atoms. The van der Waals surface area contributed by atoms with Crippen LogP contribution in [0.1, 0.15) is 91.6 Å². The second-order valence-corrected chi connectivity index (χ2v) is 9.76. The predicted molar refractivity (Wildman–Crippen MR) is 108 cm³/mol. The fourth-order valence-corrected chi connectivity index (χ4v) is 1.68. The van der Waals surface area contributed by atoms with E-state index in [1.54, 1.807) is 6.92 Å². The molecule has 0 aromatic carbocycles. The van der Waals surface area contributed by atoms with Gasteiger partial charge in [0.05, 0.1) is 0 Å². The van der Waals surface area contributed by atoms with Gasteiger partial charge in [0.1, 0.15) is 0 Å². The Bertz CT molecular complexity index is 796. The van der Waals surface area contributed by atoms with Crippen molar-refractivity contribution in [3.63, 3.8) is 0 Å². The Morgan fingerprint density at radius 2 is 1.31 bits per heavy atom. The summed E-state index contributed by atoms with van der Waals surface area (Å²) in [5.74, 6) is 3.48. The summed E-state index contributed by atoms with van der Waals surface area (Å²) < 4.78 is 10.2. The van der Waals surface area contributed by atoms with E-state index in [9.17, 15) is 0 Å². The third-order valence-corrected chi connectivity index (χ3v) is 3.35. The van der Waals surface area contributed by atoms with Crippen LogP contribution in [-0.4, -0.2) is 41.0 Å². The summed E-state index contributed by atoms with van der Waals surface area (Å²) in [5, 5.41) is 24.9. The summed E-state index contributed by atoms with van der Waals surface area (Å²) in [7, 11) is 0. The highest BCUT2D eigenvalue weighted by atomic mass is 16.5. The maximum atomic E-state index is 5.23. The van der Waals surface area contributed by atoms with Gasteiger partial charge in [0, 0.05) is 23.2 Å². The van der Waals surface area contributed by atoms with Crippen molar-refractivity contribution in [2.45, 2.75) is 92.4 Å². The fraction of sp³-hybridized carbons (Fsp3) is 0.737. The van der Waals surface area contributed by atoms with Gasteiger partial charge in [-0.1, -0.05) is 72.7 Å². The quantitative estimate of drug-likeness (QED) is 0.591. The summed E-state index contributed by atoms with van der Waals surface area (Å²) >= 11 is 0. The Morgan fingerprint density at radius 1 is 0.724 bits per heavy atom. The average Bonchev–Trinajstić information content (AvgIpc) is 3.26. The van der Waals surface area contributed by atoms with Crippen molar-refractivity contribution in [2.24, 2.45) is 0 Å². The molecule has 0 fully saturated rings. The number of aryl methyl sites for hydroxylation is 2. The van der Waals surface area contributed by atoms with Crippen LogP contribution < -0.4 is 0 Å². The van der Waals surface area contributed by atoms with E-state index in [0.717, 1.165) is 5.82 Å². The van der Waals surface area contributed by atoms with E-state index >= 15 is 0 Å². The Morgan fingerprint density at radius 3 is 1.52 bits per heavy atom. The predicted octanol–water partition coefficient (Wildman–Crippen LogP) is 3.85. The number of nitrogens with zero attached hydrogens (tertiary/aromatic N) is 7. The lowest BCUT2D eigenvalue weighted by atomic mass is 9.96. The van der Waals surface area contributed by atoms with Gasteiger partial charge in [-0.25, -0.2) is 0 Å². The van der Waals surface area contributed by atoms with Gasteiger partial charge in [0.25, 0.3) is 0 Å². The number of rotatable bonds is 0. The van der Waals surface area contributed by atoms with Crippen LogP contribution in [0.2, 0.25) is 0 Å². The van der Waals surface area contributed by atoms with Crippen molar-refractivity contribution in [3.05, 3.63) is 29.3 Å². The Kier molecular flexibility index (Phi) is 7.76. The van der Waals surface area contributed by atoms with Crippen molar-refractivity contribution in [1.29, 1.82) is 0 Å². The number of aromatic amines is 1. The van der Waals surface area contributed by atoms with Crippen molar-refractivity contribution >= 4 is 0 Å². The standard InChI is InChI=1S/2C7H12N2O.C5H10N4/c1-5-8-9-6(10-5)7(2,3)4;1-5-8-6(10-9-5)7(2,3)4;1-5(2,3)4-6-8-9-7-4/h2*1-4H3;1-3H3,(H,6,7,8,9). The number of nitrogens with one attached hydrogen (secondary N) is 1. The summed E-state index contributed by atoms with van der Waals surface area (Å²) in [4.78, 5) is 4.10. The molecule has 0 spiro atoms. The highest BCUT2D eigenvalue weighted by Gasteiger charge is 2.21. The molecule has 29 heavy (non-hydrogen) atoms. The van der Waals surface area contributed by atoms with Gasteiger partial charge < -0.3 is 8.94 Å². The summed E-state index contributed by atoms with van der Waals surface area (Å²) in [5.41, 5.74) is -0.0461. The lowest BCUT2D eigenvalue weighted by molar-refractivity contribution is 0.319. The third-order valence-electron chi connectivity index (χ3n) is 3.35. The largest absolute Gasteiger partial charge is 0.425 e. The van der Waals surface area contributed by atoms with Gasteiger partial charge in [-0.05, 0) is 6.92 Å². The van der Waals surface area contributed by atoms with Gasteiger partial charge in [0.2, 0.25) is 17.7 Å². The normalized spacial score (nSPS) is 12.0. The van der Waals surface area contributed by atoms with Crippen molar-refractivity contribution < 1.29 is 8.94 Å². The highest BCUT2D eigenvalue weighted by Crippen LogP contribution is 2.20. The van der Waals surface area contributed by atoms with Crippen molar-refractivity contribution in [2.75, 3.05) is 0 Å². The molecular weight excluding hydrogens is 372 g/mol. The number of H-pyrrole nitrogens is 1. The van der Waals surface area contributed by atoms with Crippen LogP contribution in [0, 0.1) is 13.8 Å².